The largest absolute Gasteiger partial charge is 0.493 e. The van der Waals surface area contributed by atoms with Gasteiger partial charge in [0, 0.05) is 0 Å². The first-order valence-electron chi connectivity index (χ1n) is 5.76. The van der Waals surface area contributed by atoms with Crippen LogP contribution in [0.4, 0.5) is 0 Å². The van der Waals surface area contributed by atoms with Crippen LogP contribution in [0.15, 0.2) is 24.3 Å². The minimum atomic E-state index is 0.763. The van der Waals surface area contributed by atoms with E-state index in [0.29, 0.717) is 0 Å². The summed E-state index contributed by atoms with van der Waals surface area (Å²) in [6.45, 7) is 3.10. The van der Waals surface area contributed by atoms with Crippen LogP contribution in [-0.4, -0.2) is 27.8 Å². The smallest absolute Gasteiger partial charge is 0.161 e. The van der Waals surface area contributed by atoms with E-state index in [1.54, 1.807) is 14.2 Å². The molecule has 0 saturated carbocycles. The van der Waals surface area contributed by atoms with E-state index in [1.807, 2.05) is 25.2 Å². The van der Waals surface area contributed by atoms with Crippen molar-refractivity contribution in [3.63, 3.8) is 0 Å². The first-order valence-corrected chi connectivity index (χ1v) is 5.76. The highest BCUT2D eigenvalue weighted by Gasteiger charge is 2.05. The molecule has 0 atom stereocenters. The number of hydrogen-bond donors (Lipinski definition) is 1. The van der Waals surface area contributed by atoms with Gasteiger partial charge in [0.05, 0.1) is 14.2 Å². The summed E-state index contributed by atoms with van der Waals surface area (Å²) in [6, 6.07) is 5.99. The van der Waals surface area contributed by atoms with E-state index in [0.717, 1.165) is 24.5 Å². The molecule has 0 amide bonds. The molecule has 0 aromatic heterocycles. The molecular formula is C14H21NO2. The van der Waals surface area contributed by atoms with Gasteiger partial charge in [-0.05, 0) is 50.2 Å². The summed E-state index contributed by atoms with van der Waals surface area (Å²) in [6.07, 6.45) is 3.24. The Hall–Kier alpha value is -1.48. The first-order chi connectivity index (χ1) is 8.22. The molecule has 0 aliphatic carbocycles. The van der Waals surface area contributed by atoms with Gasteiger partial charge in [-0.15, -0.1) is 0 Å². The number of rotatable bonds is 6. The first kappa shape index (κ1) is 13.6. The number of nitrogens with one attached hydrogen (secondary N) is 1. The average Bonchev–Trinajstić information content (AvgIpc) is 2.38. The molecule has 94 valence electrons. The summed E-state index contributed by atoms with van der Waals surface area (Å²) < 4.78 is 10.5. The lowest BCUT2D eigenvalue weighted by molar-refractivity contribution is 0.355. The Kier molecular flexibility index (Phi) is 5.57. The van der Waals surface area contributed by atoms with Crippen molar-refractivity contribution in [3.8, 4) is 11.5 Å². The van der Waals surface area contributed by atoms with E-state index in [9.17, 15) is 0 Å². The van der Waals surface area contributed by atoms with Crippen LogP contribution in [0.1, 0.15) is 18.9 Å². The number of ether oxygens (including phenoxy) is 2. The van der Waals surface area contributed by atoms with Crippen LogP contribution in [0, 0.1) is 0 Å². The van der Waals surface area contributed by atoms with Crippen LogP contribution in [0.2, 0.25) is 0 Å². The zero-order chi connectivity index (χ0) is 12.7. The highest BCUT2D eigenvalue weighted by atomic mass is 16.5. The Balaban J connectivity index is 2.87. The standard InChI is InChI=1S/C14H21NO2/c1-11(6-5-9-15-2)12-7-8-13(16-3)14(10-12)17-4/h6-8,10,15H,5,9H2,1-4H3. The van der Waals surface area contributed by atoms with E-state index in [-0.39, 0.29) is 0 Å². The summed E-state index contributed by atoms with van der Waals surface area (Å²) in [5.41, 5.74) is 2.42. The van der Waals surface area contributed by atoms with E-state index >= 15 is 0 Å². The molecule has 1 rings (SSSR count). The lowest BCUT2D eigenvalue weighted by Crippen LogP contribution is -2.05. The van der Waals surface area contributed by atoms with E-state index < -0.39 is 0 Å². The monoisotopic (exact) mass is 235 g/mol. The van der Waals surface area contributed by atoms with Gasteiger partial charge in [0.2, 0.25) is 0 Å². The Morgan fingerprint density at radius 1 is 1.24 bits per heavy atom. The van der Waals surface area contributed by atoms with Gasteiger partial charge in [-0.2, -0.15) is 0 Å². The Labute approximate surface area is 103 Å². The van der Waals surface area contributed by atoms with Crippen molar-refractivity contribution in [1.82, 2.24) is 5.32 Å². The molecule has 0 aliphatic rings. The Morgan fingerprint density at radius 2 is 1.94 bits per heavy atom. The zero-order valence-electron chi connectivity index (χ0n) is 11.0. The Bertz CT molecular complexity index is 386. The van der Waals surface area contributed by atoms with E-state index in [1.165, 1.54) is 11.1 Å². The molecule has 0 fully saturated rings. The Morgan fingerprint density at radius 3 is 2.53 bits per heavy atom. The van der Waals surface area contributed by atoms with Crippen molar-refractivity contribution in [2.45, 2.75) is 13.3 Å². The molecule has 0 unspecified atom stereocenters. The second-order valence-electron chi connectivity index (χ2n) is 3.85. The van der Waals surface area contributed by atoms with Crippen LogP contribution in [0.5, 0.6) is 11.5 Å². The molecule has 1 aromatic carbocycles. The van der Waals surface area contributed by atoms with Crippen molar-refractivity contribution >= 4 is 5.57 Å². The van der Waals surface area contributed by atoms with Crippen LogP contribution in [0.3, 0.4) is 0 Å². The highest BCUT2D eigenvalue weighted by Crippen LogP contribution is 2.30. The summed E-state index contributed by atoms with van der Waals surface area (Å²) in [5.74, 6) is 1.53. The van der Waals surface area contributed by atoms with Crippen molar-refractivity contribution < 1.29 is 9.47 Å². The third-order valence-electron chi connectivity index (χ3n) is 2.68. The molecule has 0 heterocycles. The number of allylic oxidation sites excluding steroid dienone is 1. The van der Waals surface area contributed by atoms with Crippen molar-refractivity contribution in [2.24, 2.45) is 0 Å². The van der Waals surface area contributed by atoms with Crippen molar-refractivity contribution in [3.05, 3.63) is 29.8 Å². The van der Waals surface area contributed by atoms with Gasteiger partial charge in [0.1, 0.15) is 0 Å². The van der Waals surface area contributed by atoms with Gasteiger partial charge >= 0.3 is 0 Å². The lowest BCUT2D eigenvalue weighted by atomic mass is 10.1. The average molecular weight is 235 g/mol. The van der Waals surface area contributed by atoms with Crippen LogP contribution >= 0.6 is 0 Å². The molecule has 17 heavy (non-hydrogen) atoms. The molecule has 1 N–H and O–H groups in total. The van der Waals surface area contributed by atoms with Gasteiger partial charge < -0.3 is 14.8 Å². The summed E-state index contributed by atoms with van der Waals surface area (Å²) in [5, 5.41) is 3.13. The highest BCUT2D eigenvalue weighted by molar-refractivity contribution is 5.66. The number of hydrogen-bond acceptors (Lipinski definition) is 3. The number of methoxy groups -OCH3 is 2. The van der Waals surface area contributed by atoms with Crippen molar-refractivity contribution in [1.29, 1.82) is 0 Å². The molecule has 0 aliphatic heterocycles. The fourth-order valence-electron chi connectivity index (χ4n) is 1.63. The third-order valence-corrected chi connectivity index (χ3v) is 2.68. The molecule has 0 spiro atoms. The maximum absolute atomic E-state index is 5.29. The molecule has 0 saturated heterocycles. The zero-order valence-corrected chi connectivity index (χ0v) is 11.0. The fourth-order valence-corrected chi connectivity index (χ4v) is 1.63. The molecule has 0 bridgehead atoms. The fraction of sp³-hybridized carbons (Fsp3) is 0.429. The molecule has 1 aromatic rings. The SMILES string of the molecule is CNCCC=C(C)c1ccc(OC)c(OC)c1. The quantitative estimate of drug-likeness (QED) is 0.769. The van der Waals surface area contributed by atoms with E-state index in [4.69, 9.17) is 9.47 Å². The molecule has 3 heteroatoms. The van der Waals surface area contributed by atoms with Crippen LogP contribution in [0.25, 0.3) is 5.57 Å². The predicted octanol–water partition coefficient (Wildman–Crippen LogP) is 2.72. The van der Waals surface area contributed by atoms with Crippen molar-refractivity contribution in [2.75, 3.05) is 27.8 Å². The maximum atomic E-state index is 5.29. The minimum Gasteiger partial charge on any atom is -0.493 e. The van der Waals surface area contributed by atoms with Gasteiger partial charge in [-0.1, -0.05) is 12.1 Å². The third kappa shape index (κ3) is 3.79. The maximum Gasteiger partial charge on any atom is 0.161 e. The summed E-state index contributed by atoms with van der Waals surface area (Å²) in [7, 11) is 5.26. The minimum absolute atomic E-state index is 0.763. The molecule has 3 nitrogen and oxygen atoms in total. The second-order valence-corrected chi connectivity index (χ2v) is 3.85. The van der Waals surface area contributed by atoms with Crippen LogP contribution < -0.4 is 14.8 Å². The van der Waals surface area contributed by atoms with Crippen LogP contribution in [-0.2, 0) is 0 Å². The normalized spacial score (nSPS) is 11.4. The molecule has 0 radical (unpaired) electrons. The topological polar surface area (TPSA) is 30.5 Å². The van der Waals surface area contributed by atoms with Gasteiger partial charge in [-0.25, -0.2) is 0 Å². The van der Waals surface area contributed by atoms with Gasteiger partial charge in [0.15, 0.2) is 11.5 Å². The summed E-state index contributed by atoms with van der Waals surface area (Å²) >= 11 is 0. The predicted molar refractivity (Wildman–Crippen MR) is 71.7 cm³/mol. The van der Waals surface area contributed by atoms with Gasteiger partial charge in [-0.3, -0.25) is 0 Å². The van der Waals surface area contributed by atoms with E-state index in [2.05, 4.69) is 18.3 Å². The number of benzene rings is 1. The van der Waals surface area contributed by atoms with Gasteiger partial charge in [0.25, 0.3) is 0 Å². The lowest BCUT2D eigenvalue weighted by Gasteiger charge is -2.10. The molecular weight excluding hydrogens is 214 g/mol. The second kappa shape index (κ2) is 6.97. The summed E-state index contributed by atoms with van der Waals surface area (Å²) in [4.78, 5) is 0.